The number of amides is 1. The third kappa shape index (κ3) is 4.41. The molecular formula is C27H28N2O5S2. The smallest absolute Gasteiger partial charge is 0.341 e. The Morgan fingerprint density at radius 1 is 1.11 bits per heavy atom. The maximum atomic E-state index is 13.3. The van der Waals surface area contributed by atoms with Crippen molar-refractivity contribution in [3.05, 3.63) is 75.7 Å². The van der Waals surface area contributed by atoms with Gasteiger partial charge >= 0.3 is 5.97 Å². The quantitative estimate of drug-likeness (QED) is 0.456. The van der Waals surface area contributed by atoms with Gasteiger partial charge in [0.1, 0.15) is 5.00 Å². The van der Waals surface area contributed by atoms with Crippen LogP contribution < -0.4 is 9.62 Å². The fraction of sp³-hybridized carbons (Fsp3) is 0.333. The number of hydrogen-bond donors (Lipinski definition) is 1. The van der Waals surface area contributed by atoms with Crippen LogP contribution in [-0.2, 0) is 34.0 Å². The van der Waals surface area contributed by atoms with Gasteiger partial charge in [-0.3, -0.25) is 9.10 Å². The standard InChI is InChI=1S/C27H28N2O5S2/c1-3-34-27(31)24-21-13-8-17(2)16-23(21)35-26(24)28-25(30)19-9-11-20(12-10-19)36(32,33)29-15-14-18-6-4-5-7-22(18)29/h4-7,9-12,17H,3,8,13-16H2,1-2H3,(H,28,30). The molecule has 36 heavy (non-hydrogen) atoms. The summed E-state index contributed by atoms with van der Waals surface area (Å²) in [6.07, 6.45) is 3.31. The normalized spacial score (nSPS) is 16.8. The van der Waals surface area contributed by atoms with E-state index in [0.29, 0.717) is 40.7 Å². The van der Waals surface area contributed by atoms with E-state index in [9.17, 15) is 18.0 Å². The summed E-state index contributed by atoms with van der Waals surface area (Å²) in [6, 6.07) is 13.4. The molecule has 1 N–H and O–H groups in total. The van der Waals surface area contributed by atoms with E-state index in [4.69, 9.17) is 4.74 Å². The first-order chi connectivity index (χ1) is 17.3. The molecule has 0 bridgehead atoms. The second kappa shape index (κ2) is 9.71. The van der Waals surface area contributed by atoms with Crippen LogP contribution in [0.25, 0.3) is 0 Å². The number of fused-ring (bicyclic) bond motifs is 2. The molecule has 1 amide bonds. The van der Waals surface area contributed by atoms with Crippen molar-refractivity contribution in [3.63, 3.8) is 0 Å². The molecule has 5 rings (SSSR count). The van der Waals surface area contributed by atoms with Gasteiger partial charge in [-0.15, -0.1) is 11.3 Å². The lowest BCUT2D eigenvalue weighted by molar-refractivity contribution is 0.0526. The molecule has 0 spiro atoms. The van der Waals surface area contributed by atoms with Crippen molar-refractivity contribution in [2.24, 2.45) is 5.92 Å². The predicted molar refractivity (Wildman–Crippen MR) is 141 cm³/mol. The molecule has 1 aliphatic heterocycles. The average molecular weight is 525 g/mol. The molecule has 0 saturated carbocycles. The number of esters is 1. The summed E-state index contributed by atoms with van der Waals surface area (Å²) in [4.78, 5) is 27.1. The first-order valence-corrected chi connectivity index (χ1v) is 14.4. The van der Waals surface area contributed by atoms with Gasteiger partial charge in [0.15, 0.2) is 0 Å². The molecule has 1 aromatic heterocycles. The van der Waals surface area contributed by atoms with Crippen molar-refractivity contribution >= 4 is 43.9 Å². The van der Waals surface area contributed by atoms with Crippen molar-refractivity contribution in [1.82, 2.24) is 0 Å². The monoisotopic (exact) mass is 524 g/mol. The van der Waals surface area contributed by atoms with Crippen LogP contribution in [0.2, 0.25) is 0 Å². The van der Waals surface area contributed by atoms with Gasteiger partial charge in [-0.05, 0) is 80.0 Å². The zero-order valence-electron chi connectivity index (χ0n) is 20.2. The van der Waals surface area contributed by atoms with E-state index >= 15 is 0 Å². The summed E-state index contributed by atoms with van der Waals surface area (Å²) in [5.41, 5.74) is 3.43. The zero-order chi connectivity index (χ0) is 25.4. The second-order valence-electron chi connectivity index (χ2n) is 9.21. The van der Waals surface area contributed by atoms with Crippen LogP contribution in [-0.4, -0.2) is 33.4 Å². The Morgan fingerprint density at radius 3 is 2.61 bits per heavy atom. The number of thiophene rings is 1. The Labute approximate surface area is 215 Å². The molecule has 0 saturated heterocycles. The number of ether oxygens (including phenoxy) is 1. The molecule has 3 aromatic rings. The third-order valence-corrected chi connectivity index (χ3v) is 9.76. The lowest BCUT2D eigenvalue weighted by Crippen LogP contribution is -2.29. The Balaban J connectivity index is 1.38. The van der Waals surface area contributed by atoms with Crippen molar-refractivity contribution in [1.29, 1.82) is 0 Å². The molecule has 9 heteroatoms. The molecule has 2 heterocycles. The largest absolute Gasteiger partial charge is 0.462 e. The number of nitrogens with one attached hydrogen (secondary N) is 1. The molecule has 7 nitrogen and oxygen atoms in total. The lowest BCUT2D eigenvalue weighted by Gasteiger charge is -2.19. The fourth-order valence-corrected chi connectivity index (χ4v) is 7.79. The highest BCUT2D eigenvalue weighted by molar-refractivity contribution is 7.92. The van der Waals surface area contributed by atoms with Crippen molar-refractivity contribution in [2.75, 3.05) is 22.8 Å². The highest BCUT2D eigenvalue weighted by atomic mass is 32.2. The van der Waals surface area contributed by atoms with E-state index in [1.54, 1.807) is 6.92 Å². The van der Waals surface area contributed by atoms with E-state index in [1.807, 2.05) is 24.3 Å². The van der Waals surface area contributed by atoms with E-state index in [0.717, 1.165) is 35.3 Å². The van der Waals surface area contributed by atoms with Crippen LogP contribution >= 0.6 is 11.3 Å². The number of para-hydroxylation sites is 1. The molecule has 0 radical (unpaired) electrons. The topological polar surface area (TPSA) is 92.8 Å². The SMILES string of the molecule is CCOC(=O)c1c(NC(=O)c2ccc(S(=O)(=O)N3CCc4ccccc43)cc2)sc2c1CCC(C)C2. The van der Waals surface area contributed by atoms with E-state index < -0.39 is 21.9 Å². The first-order valence-electron chi connectivity index (χ1n) is 12.1. The number of hydrogen-bond acceptors (Lipinski definition) is 6. The summed E-state index contributed by atoms with van der Waals surface area (Å²) in [7, 11) is -3.74. The highest BCUT2D eigenvalue weighted by Crippen LogP contribution is 2.40. The summed E-state index contributed by atoms with van der Waals surface area (Å²) >= 11 is 1.43. The molecule has 1 atom stereocenters. The van der Waals surface area contributed by atoms with E-state index in [1.165, 1.54) is 39.9 Å². The number of rotatable bonds is 6. The predicted octanol–water partition coefficient (Wildman–Crippen LogP) is 5.05. The van der Waals surface area contributed by atoms with Gasteiger partial charge in [0.25, 0.3) is 15.9 Å². The summed E-state index contributed by atoms with van der Waals surface area (Å²) in [6.45, 7) is 4.58. The van der Waals surface area contributed by atoms with Gasteiger partial charge in [0.05, 0.1) is 22.8 Å². The number of carbonyl (C=O) groups is 2. The van der Waals surface area contributed by atoms with Gasteiger partial charge in [-0.2, -0.15) is 0 Å². The van der Waals surface area contributed by atoms with E-state index in [-0.39, 0.29) is 11.5 Å². The first kappa shape index (κ1) is 24.5. The van der Waals surface area contributed by atoms with E-state index in [2.05, 4.69) is 12.2 Å². The molecule has 1 unspecified atom stereocenters. The van der Waals surface area contributed by atoms with Crippen molar-refractivity contribution in [3.8, 4) is 0 Å². The number of sulfonamides is 1. The molecule has 1 aliphatic carbocycles. The van der Waals surface area contributed by atoms with Crippen molar-refractivity contribution < 1.29 is 22.7 Å². The number of anilines is 2. The van der Waals surface area contributed by atoms with Gasteiger partial charge in [0, 0.05) is 17.0 Å². The highest BCUT2D eigenvalue weighted by Gasteiger charge is 2.31. The lowest BCUT2D eigenvalue weighted by atomic mass is 9.88. The summed E-state index contributed by atoms with van der Waals surface area (Å²) < 4.78 is 33.2. The molecule has 188 valence electrons. The van der Waals surface area contributed by atoms with Crippen LogP contribution in [0.5, 0.6) is 0 Å². The zero-order valence-corrected chi connectivity index (χ0v) is 21.9. The van der Waals surface area contributed by atoms with Crippen LogP contribution in [0.4, 0.5) is 10.7 Å². The maximum absolute atomic E-state index is 13.3. The minimum absolute atomic E-state index is 0.128. The third-order valence-electron chi connectivity index (χ3n) is 6.77. The average Bonchev–Trinajstić information content (AvgIpc) is 3.45. The number of nitrogens with zero attached hydrogens (tertiary/aromatic N) is 1. The summed E-state index contributed by atoms with van der Waals surface area (Å²) in [5, 5.41) is 3.37. The Kier molecular flexibility index (Phi) is 6.61. The Bertz CT molecular complexity index is 1430. The molecule has 2 aromatic carbocycles. The van der Waals surface area contributed by atoms with Gasteiger partial charge in [-0.25, -0.2) is 13.2 Å². The van der Waals surface area contributed by atoms with Crippen LogP contribution in [0.15, 0.2) is 53.4 Å². The molecule has 0 fully saturated rings. The maximum Gasteiger partial charge on any atom is 0.341 e. The Morgan fingerprint density at radius 2 is 1.86 bits per heavy atom. The Hall–Kier alpha value is -3.17. The van der Waals surface area contributed by atoms with Crippen LogP contribution in [0.3, 0.4) is 0 Å². The molecular weight excluding hydrogens is 496 g/mol. The second-order valence-corrected chi connectivity index (χ2v) is 12.2. The minimum Gasteiger partial charge on any atom is -0.462 e. The van der Waals surface area contributed by atoms with Gasteiger partial charge in [0.2, 0.25) is 0 Å². The van der Waals surface area contributed by atoms with Crippen molar-refractivity contribution in [2.45, 2.75) is 44.4 Å². The van der Waals surface area contributed by atoms with Gasteiger partial charge < -0.3 is 10.1 Å². The number of carbonyl (C=O) groups excluding carboxylic acids is 2. The van der Waals surface area contributed by atoms with Gasteiger partial charge in [-0.1, -0.05) is 25.1 Å². The number of benzene rings is 2. The van der Waals surface area contributed by atoms with Crippen LogP contribution in [0, 0.1) is 5.92 Å². The van der Waals surface area contributed by atoms with Crippen LogP contribution in [0.1, 0.15) is 57.0 Å². The minimum atomic E-state index is -3.74. The summed E-state index contributed by atoms with van der Waals surface area (Å²) in [5.74, 6) is -0.304. The molecule has 2 aliphatic rings. The fourth-order valence-electron chi connectivity index (χ4n) is 4.90.